The van der Waals surface area contributed by atoms with E-state index in [0.29, 0.717) is 17.7 Å². The van der Waals surface area contributed by atoms with Crippen LogP contribution in [0.25, 0.3) is 0 Å². The Kier molecular flexibility index (Phi) is 7.39. The molecule has 2 unspecified atom stereocenters. The smallest absolute Gasteiger partial charge is 0.475 e. The van der Waals surface area contributed by atoms with Crippen LogP contribution in [0.5, 0.6) is 0 Å². The maximum atomic E-state index is 12.7. The summed E-state index contributed by atoms with van der Waals surface area (Å²) in [5, 5.41) is 18.6. The summed E-state index contributed by atoms with van der Waals surface area (Å²) in [5.41, 5.74) is 3.44. The summed E-state index contributed by atoms with van der Waals surface area (Å²) >= 11 is 0. The summed E-state index contributed by atoms with van der Waals surface area (Å²) in [4.78, 5) is 24.2. The molecule has 1 amide bonds. The number of rotatable bonds is 4. The van der Waals surface area contributed by atoms with Crippen LogP contribution in [-0.4, -0.2) is 55.9 Å². The lowest BCUT2D eigenvalue weighted by Crippen LogP contribution is -2.31. The molecule has 2 N–H and O–H groups in total. The van der Waals surface area contributed by atoms with Crippen LogP contribution in [0.4, 0.5) is 18.9 Å². The average Bonchev–Trinajstić information content (AvgIpc) is 3.40. The number of aromatic nitrogens is 3. The van der Waals surface area contributed by atoms with E-state index in [1.165, 1.54) is 11.1 Å². The summed E-state index contributed by atoms with van der Waals surface area (Å²) in [6, 6.07) is 18.2. The topological polar surface area (TPSA) is 100 Å². The number of aliphatic carboxylic acids is 1. The molecule has 1 saturated heterocycles. The van der Waals surface area contributed by atoms with Crippen molar-refractivity contribution in [1.29, 1.82) is 0 Å². The van der Waals surface area contributed by atoms with Crippen molar-refractivity contribution in [2.24, 2.45) is 11.8 Å². The summed E-state index contributed by atoms with van der Waals surface area (Å²) in [6.45, 7) is 6.07. The number of amides is 1. The minimum absolute atomic E-state index is 0.192. The second-order valence-electron chi connectivity index (χ2n) is 9.08. The quantitative estimate of drug-likeness (QED) is 0.565. The number of halogens is 3. The van der Waals surface area contributed by atoms with Gasteiger partial charge in [0.05, 0.1) is 0 Å². The minimum Gasteiger partial charge on any atom is -0.475 e. The maximum Gasteiger partial charge on any atom is 0.490 e. The first-order valence-electron chi connectivity index (χ1n) is 11.5. The molecule has 11 heteroatoms. The highest BCUT2D eigenvalue weighted by Gasteiger charge is 2.39. The maximum absolute atomic E-state index is 12.7. The third kappa shape index (κ3) is 6.09. The zero-order chi connectivity index (χ0) is 25.9. The monoisotopic (exact) mass is 501 g/mol. The van der Waals surface area contributed by atoms with Crippen molar-refractivity contribution >= 4 is 17.6 Å². The van der Waals surface area contributed by atoms with Crippen LogP contribution in [0.3, 0.4) is 0 Å². The summed E-state index contributed by atoms with van der Waals surface area (Å²) in [5.74, 6) is -0.482. The largest absolute Gasteiger partial charge is 0.490 e. The highest BCUT2D eigenvalue weighted by Crippen LogP contribution is 2.33. The zero-order valence-electron chi connectivity index (χ0n) is 19.6. The number of aryl methyl sites for hydroxylation is 1. The van der Waals surface area contributed by atoms with Gasteiger partial charge in [-0.15, -0.1) is 10.2 Å². The second kappa shape index (κ2) is 10.5. The zero-order valence-corrected chi connectivity index (χ0v) is 19.6. The van der Waals surface area contributed by atoms with Crippen molar-refractivity contribution in [2.75, 3.05) is 18.4 Å². The molecule has 1 aromatic heterocycles. The van der Waals surface area contributed by atoms with Crippen molar-refractivity contribution in [3.05, 3.63) is 77.4 Å². The van der Waals surface area contributed by atoms with E-state index in [-0.39, 0.29) is 5.91 Å². The molecule has 2 aromatic carbocycles. The van der Waals surface area contributed by atoms with Crippen LogP contribution in [-0.2, 0) is 24.3 Å². The molecule has 8 nitrogen and oxygen atoms in total. The molecule has 2 atom stereocenters. The number of anilines is 1. The average molecular weight is 502 g/mol. The van der Waals surface area contributed by atoms with E-state index < -0.39 is 12.1 Å². The number of alkyl halides is 3. The molecular weight excluding hydrogens is 475 g/mol. The molecule has 3 heterocycles. The fourth-order valence-electron chi connectivity index (χ4n) is 4.70. The number of fused-ring (bicyclic) bond motifs is 2. The molecule has 0 bridgehead atoms. The van der Waals surface area contributed by atoms with Crippen molar-refractivity contribution in [3.8, 4) is 0 Å². The number of benzene rings is 2. The van der Waals surface area contributed by atoms with Gasteiger partial charge in [-0.25, -0.2) is 4.79 Å². The van der Waals surface area contributed by atoms with E-state index in [2.05, 4.69) is 51.6 Å². The summed E-state index contributed by atoms with van der Waals surface area (Å²) in [6.07, 6.45) is -4.19. The molecule has 0 spiro atoms. The molecule has 0 saturated carbocycles. The lowest BCUT2D eigenvalue weighted by molar-refractivity contribution is -0.192. The Morgan fingerprint density at radius 3 is 2.39 bits per heavy atom. The molecular formula is C25H26F3N5O3. The van der Waals surface area contributed by atoms with Gasteiger partial charge in [0.15, 0.2) is 0 Å². The van der Waals surface area contributed by atoms with Gasteiger partial charge >= 0.3 is 12.1 Å². The SMILES string of the molecule is Cc1cccc(CN2CC3Cc4nnc(C(=O)Nc5ccccc5)n4CC3C2)c1.O=C(O)C(F)(F)F. The second-order valence-corrected chi connectivity index (χ2v) is 9.08. The molecule has 3 aromatic rings. The number of para-hydroxylation sites is 1. The Labute approximate surface area is 205 Å². The van der Waals surface area contributed by atoms with Gasteiger partial charge in [0.2, 0.25) is 5.82 Å². The number of carbonyl (C=O) groups is 2. The molecule has 36 heavy (non-hydrogen) atoms. The Balaban J connectivity index is 0.000000384. The van der Waals surface area contributed by atoms with Crippen molar-refractivity contribution in [1.82, 2.24) is 19.7 Å². The van der Waals surface area contributed by atoms with Gasteiger partial charge in [-0.2, -0.15) is 13.2 Å². The van der Waals surface area contributed by atoms with Gasteiger partial charge in [0, 0.05) is 38.3 Å². The van der Waals surface area contributed by atoms with Crippen LogP contribution in [0.1, 0.15) is 27.6 Å². The van der Waals surface area contributed by atoms with Crippen LogP contribution in [0.15, 0.2) is 54.6 Å². The minimum atomic E-state index is -5.08. The predicted molar refractivity (Wildman–Crippen MR) is 125 cm³/mol. The highest BCUT2D eigenvalue weighted by molar-refractivity contribution is 6.01. The van der Waals surface area contributed by atoms with Gasteiger partial charge in [-0.1, -0.05) is 48.0 Å². The lowest BCUT2D eigenvalue weighted by atomic mass is 9.89. The predicted octanol–water partition coefficient (Wildman–Crippen LogP) is 3.78. The van der Waals surface area contributed by atoms with Crippen molar-refractivity contribution in [2.45, 2.75) is 32.6 Å². The number of likely N-dealkylation sites (tertiary alicyclic amines) is 1. The first-order chi connectivity index (χ1) is 17.1. The van der Waals surface area contributed by atoms with Crippen molar-refractivity contribution in [3.63, 3.8) is 0 Å². The van der Waals surface area contributed by atoms with Crippen LogP contribution >= 0.6 is 0 Å². The molecule has 2 aliphatic heterocycles. The van der Waals surface area contributed by atoms with E-state index >= 15 is 0 Å². The van der Waals surface area contributed by atoms with Crippen LogP contribution < -0.4 is 5.32 Å². The number of carboxylic acid groups (broad SMARTS) is 1. The van der Waals surface area contributed by atoms with Gasteiger partial charge in [0.25, 0.3) is 5.91 Å². The van der Waals surface area contributed by atoms with E-state index in [4.69, 9.17) is 9.90 Å². The molecule has 190 valence electrons. The molecule has 0 aliphatic carbocycles. The Morgan fingerprint density at radius 2 is 1.72 bits per heavy atom. The lowest BCUT2D eigenvalue weighted by Gasteiger charge is -2.25. The van der Waals surface area contributed by atoms with Gasteiger partial charge < -0.3 is 15.0 Å². The highest BCUT2D eigenvalue weighted by atomic mass is 19.4. The molecule has 5 rings (SSSR count). The van der Waals surface area contributed by atoms with Crippen LogP contribution in [0, 0.1) is 18.8 Å². The summed E-state index contributed by atoms with van der Waals surface area (Å²) < 4.78 is 33.8. The first kappa shape index (κ1) is 25.4. The molecule has 0 radical (unpaired) electrons. The fourth-order valence-corrected chi connectivity index (χ4v) is 4.70. The number of carbonyl (C=O) groups excluding carboxylic acids is 1. The number of nitrogens with one attached hydrogen (secondary N) is 1. The first-order valence-corrected chi connectivity index (χ1v) is 11.5. The van der Waals surface area contributed by atoms with Gasteiger partial charge in [-0.05, 0) is 36.5 Å². The van der Waals surface area contributed by atoms with E-state index in [1.807, 2.05) is 34.9 Å². The Morgan fingerprint density at radius 1 is 1.03 bits per heavy atom. The number of carboxylic acids is 1. The number of nitrogens with zero attached hydrogens (tertiary/aromatic N) is 4. The third-order valence-corrected chi connectivity index (χ3v) is 6.31. The molecule has 1 fully saturated rings. The summed E-state index contributed by atoms with van der Waals surface area (Å²) in [7, 11) is 0. The van der Waals surface area contributed by atoms with E-state index in [1.54, 1.807) is 0 Å². The van der Waals surface area contributed by atoms with E-state index in [0.717, 1.165) is 44.1 Å². The van der Waals surface area contributed by atoms with Crippen molar-refractivity contribution < 1.29 is 27.9 Å². The normalized spacial score (nSPS) is 19.0. The number of hydrogen-bond donors (Lipinski definition) is 2. The third-order valence-electron chi connectivity index (χ3n) is 6.31. The standard InChI is InChI=1S/C23H25N5O.C2HF3O2/c1-16-6-5-7-17(10-16)12-27-13-18-11-21-25-26-22(28(21)15-19(18)14-27)23(29)24-20-8-3-2-4-9-20;3-2(4,5)1(6)7/h2-10,18-19H,11-15H2,1H3,(H,24,29);(H,6,7). The van der Waals surface area contributed by atoms with Gasteiger partial charge in [-0.3, -0.25) is 9.69 Å². The Hall–Kier alpha value is -3.73. The van der Waals surface area contributed by atoms with E-state index in [9.17, 15) is 18.0 Å². The number of hydrogen-bond acceptors (Lipinski definition) is 5. The Bertz CT molecular complexity index is 1230. The van der Waals surface area contributed by atoms with Gasteiger partial charge in [0.1, 0.15) is 5.82 Å². The molecule has 2 aliphatic rings. The van der Waals surface area contributed by atoms with Crippen LogP contribution in [0.2, 0.25) is 0 Å². The fraction of sp³-hybridized carbons (Fsp3) is 0.360.